The first-order valence-electron chi connectivity index (χ1n) is 9.79. The Morgan fingerprint density at radius 2 is 2.03 bits per heavy atom. The van der Waals surface area contributed by atoms with Crippen molar-refractivity contribution in [3.63, 3.8) is 0 Å². The molecule has 3 rings (SSSR count). The Morgan fingerprint density at radius 1 is 1.28 bits per heavy atom. The smallest absolute Gasteiger partial charge is 0.192 e. The van der Waals surface area contributed by atoms with E-state index in [0.29, 0.717) is 29.9 Å². The van der Waals surface area contributed by atoms with Crippen LogP contribution in [0.25, 0.3) is 0 Å². The van der Waals surface area contributed by atoms with Crippen molar-refractivity contribution >= 4 is 41.5 Å². The number of aliphatic imine (C=N–C) groups is 1. The number of benzene rings is 1. The molecule has 0 atom stereocenters. The van der Waals surface area contributed by atoms with Crippen LogP contribution in [0.5, 0.6) is 5.75 Å². The van der Waals surface area contributed by atoms with Gasteiger partial charge in [-0.1, -0.05) is 36.9 Å². The number of aromatic nitrogens is 3. The number of nitrogens with one attached hydrogen (secondary N) is 2. The van der Waals surface area contributed by atoms with Crippen molar-refractivity contribution in [2.45, 2.75) is 58.2 Å². The van der Waals surface area contributed by atoms with Crippen molar-refractivity contribution in [3.8, 4) is 5.75 Å². The zero-order valence-corrected chi connectivity index (χ0v) is 20.3. The number of ether oxygens (including phenoxy) is 1. The molecule has 1 saturated carbocycles. The van der Waals surface area contributed by atoms with Gasteiger partial charge in [0.15, 0.2) is 11.8 Å². The molecule has 1 fully saturated rings. The molecule has 0 spiro atoms. The highest BCUT2D eigenvalue weighted by molar-refractivity contribution is 14.0. The molecule has 9 heteroatoms. The molecule has 0 saturated heterocycles. The van der Waals surface area contributed by atoms with Gasteiger partial charge in [0.25, 0.3) is 0 Å². The molecule has 1 aliphatic rings. The van der Waals surface area contributed by atoms with Crippen molar-refractivity contribution in [1.29, 1.82) is 0 Å². The van der Waals surface area contributed by atoms with Crippen LogP contribution in [0.1, 0.15) is 49.3 Å². The minimum atomic E-state index is 0. The second-order valence-electron chi connectivity index (χ2n) is 7.19. The first-order chi connectivity index (χ1) is 13.6. The van der Waals surface area contributed by atoms with E-state index in [2.05, 4.69) is 20.8 Å². The van der Waals surface area contributed by atoms with Crippen LogP contribution >= 0.6 is 35.6 Å². The van der Waals surface area contributed by atoms with Crippen molar-refractivity contribution < 1.29 is 4.74 Å². The maximum atomic E-state index is 6.24. The maximum Gasteiger partial charge on any atom is 0.192 e. The molecule has 0 amide bonds. The van der Waals surface area contributed by atoms with E-state index >= 15 is 0 Å². The third-order valence-electron chi connectivity index (χ3n) is 5.18. The van der Waals surface area contributed by atoms with Gasteiger partial charge in [-0.05, 0) is 37.5 Å². The summed E-state index contributed by atoms with van der Waals surface area (Å²) < 4.78 is 7.20. The molecule has 7 nitrogen and oxygen atoms in total. The van der Waals surface area contributed by atoms with Gasteiger partial charge in [0.2, 0.25) is 0 Å². The number of hydrogen-bond donors (Lipinski definition) is 2. The van der Waals surface area contributed by atoms with E-state index < -0.39 is 0 Å². The molecule has 1 aliphatic carbocycles. The first kappa shape index (κ1) is 23.7. The fourth-order valence-corrected chi connectivity index (χ4v) is 3.62. The van der Waals surface area contributed by atoms with Crippen molar-refractivity contribution in [1.82, 2.24) is 25.4 Å². The molecular formula is C20H30ClIN6O. The number of guanidine groups is 1. The topological polar surface area (TPSA) is 76.4 Å². The lowest BCUT2D eigenvalue weighted by Crippen LogP contribution is -2.44. The normalized spacial score (nSPS) is 15.0. The van der Waals surface area contributed by atoms with Gasteiger partial charge >= 0.3 is 0 Å². The zero-order valence-electron chi connectivity index (χ0n) is 17.2. The minimum absolute atomic E-state index is 0. The largest absolute Gasteiger partial charge is 0.495 e. The molecule has 2 aromatic rings. The summed E-state index contributed by atoms with van der Waals surface area (Å²) in [6, 6.07) is 6.21. The summed E-state index contributed by atoms with van der Waals surface area (Å²) in [4.78, 5) is 4.77. The molecule has 2 N–H and O–H groups in total. The molecule has 1 aromatic carbocycles. The zero-order chi connectivity index (χ0) is 19.9. The Bertz CT molecular complexity index is 819. The fraction of sp³-hybridized carbons (Fsp3) is 0.550. The van der Waals surface area contributed by atoms with Crippen LogP contribution in [0.4, 0.5) is 0 Å². The summed E-state index contributed by atoms with van der Waals surface area (Å²) in [5, 5.41) is 15.9. The van der Waals surface area contributed by atoms with Gasteiger partial charge in [0.1, 0.15) is 11.6 Å². The molecule has 29 heavy (non-hydrogen) atoms. The van der Waals surface area contributed by atoms with Gasteiger partial charge in [-0.2, -0.15) is 0 Å². The standard InChI is InChI=1S/C20H29ClN6O.HI/c1-14-25-26-19(27(14)2)13-23-20(24-16-7-5-4-6-8-16)22-12-15-9-10-18(28-3)17(21)11-15;/h9-11,16H,4-8,12-13H2,1-3H3,(H2,22,23,24);1H. The molecule has 0 bridgehead atoms. The predicted octanol–water partition coefficient (Wildman–Crippen LogP) is 3.97. The van der Waals surface area contributed by atoms with E-state index in [1.54, 1.807) is 7.11 Å². The number of hydrogen-bond acceptors (Lipinski definition) is 4. The van der Waals surface area contributed by atoms with Crippen LogP contribution in [-0.4, -0.2) is 33.9 Å². The monoisotopic (exact) mass is 532 g/mol. The average molecular weight is 533 g/mol. The lowest BCUT2D eigenvalue weighted by atomic mass is 9.96. The molecule has 0 unspecified atom stereocenters. The van der Waals surface area contributed by atoms with Crippen LogP contribution in [0.2, 0.25) is 5.02 Å². The van der Waals surface area contributed by atoms with E-state index in [1.807, 2.05) is 36.7 Å². The fourth-order valence-electron chi connectivity index (χ4n) is 3.34. The van der Waals surface area contributed by atoms with Crippen LogP contribution in [0.3, 0.4) is 0 Å². The van der Waals surface area contributed by atoms with Gasteiger partial charge in [0, 0.05) is 13.1 Å². The van der Waals surface area contributed by atoms with Gasteiger partial charge in [-0.3, -0.25) is 0 Å². The number of halogens is 2. The number of nitrogens with zero attached hydrogens (tertiary/aromatic N) is 4. The summed E-state index contributed by atoms with van der Waals surface area (Å²) in [6.45, 7) is 3.04. The lowest BCUT2D eigenvalue weighted by molar-refractivity contribution is 0.409. The average Bonchev–Trinajstić information content (AvgIpc) is 3.03. The summed E-state index contributed by atoms with van der Waals surface area (Å²) >= 11 is 6.24. The summed E-state index contributed by atoms with van der Waals surface area (Å²) in [6.07, 6.45) is 6.21. The second kappa shape index (κ2) is 11.6. The quantitative estimate of drug-likeness (QED) is 0.334. The lowest BCUT2D eigenvalue weighted by Gasteiger charge is -2.25. The third kappa shape index (κ3) is 6.74. The summed E-state index contributed by atoms with van der Waals surface area (Å²) in [5.74, 6) is 3.23. The Balaban J connectivity index is 0.00000300. The number of aryl methyl sites for hydroxylation is 1. The van der Waals surface area contributed by atoms with E-state index in [-0.39, 0.29) is 24.0 Å². The second-order valence-corrected chi connectivity index (χ2v) is 7.60. The van der Waals surface area contributed by atoms with Gasteiger partial charge in [-0.25, -0.2) is 4.99 Å². The van der Waals surface area contributed by atoms with Crippen LogP contribution in [-0.2, 0) is 20.1 Å². The van der Waals surface area contributed by atoms with Crippen molar-refractivity contribution in [2.24, 2.45) is 12.0 Å². The van der Waals surface area contributed by atoms with E-state index in [1.165, 1.54) is 32.1 Å². The number of rotatable bonds is 6. The highest BCUT2D eigenvalue weighted by Crippen LogP contribution is 2.25. The van der Waals surface area contributed by atoms with Crippen LogP contribution in [0, 0.1) is 6.92 Å². The maximum absolute atomic E-state index is 6.24. The van der Waals surface area contributed by atoms with Gasteiger partial charge in [0.05, 0.1) is 25.2 Å². The Hall–Kier alpha value is -1.55. The summed E-state index contributed by atoms with van der Waals surface area (Å²) in [7, 11) is 3.58. The van der Waals surface area contributed by atoms with Gasteiger partial charge in [-0.15, -0.1) is 34.2 Å². The molecule has 0 radical (unpaired) electrons. The van der Waals surface area contributed by atoms with Crippen molar-refractivity contribution in [2.75, 3.05) is 7.11 Å². The van der Waals surface area contributed by atoms with E-state index in [4.69, 9.17) is 21.3 Å². The molecule has 0 aliphatic heterocycles. The highest BCUT2D eigenvalue weighted by atomic mass is 127. The van der Waals surface area contributed by atoms with Crippen LogP contribution < -0.4 is 15.4 Å². The summed E-state index contributed by atoms with van der Waals surface area (Å²) in [5.41, 5.74) is 1.03. The van der Waals surface area contributed by atoms with E-state index in [9.17, 15) is 0 Å². The third-order valence-corrected chi connectivity index (χ3v) is 5.47. The predicted molar refractivity (Wildman–Crippen MR) is 127 cm³/mol. The Kier molecular flexibility index (Phi) is 9.48. The molecule has 160 valence electrons. The van der Waals surface area contributed by atoms with Crippen LogP contribution in [0.15, 0.2) is 23.2 Å². The Labute approximate surface area is 194 Å². The molecular weight excluding hydrogens is 503 g/mol. The van der Waals surface area contributed by atoms with E-state index in [0.717, 1.165) is 23.2 Å². The molecule has 1 heterocycles. The molecule has 1 aromatic heterocycles. The SMILES string of the molecule is COc1ccc(CN=C(NCc2nnc(C)n2C)NC2CCCCC2)cc1Cl.I. The first-order valence-corrected chi connectivity index (χ1v) is 10.2. The minimum Gasteiger partial charge on any atom is -0.495 e. The van der Waals surface area contributed by atoms with Crippen molar-refractivity contribution in [3.05, 3.63) is 40.4 Å². The highest BCUT2D eigenvalue weighted by Gasteiger charge is 2.15. The Morgan fingerprint density at radius 3 is 2.66 bits per heavy atom. The van der Waals surface area contributed by atoms with Gasteiger partial charge < -0.3 is 19.9 Å². The number of methoxy groups -OCH3 is 1.